The van der Waals surface area contributed by atoms with Crippen molar-refractivity contribution in [2.24, 2.45) is 5.92 Å². The summed E-state index contributed by atoms with van der Waals surface area (Å²) in [5.41, 5.74) is 1.52. The molecule has 0 aromatic heterocycles. The number of benzene rings is 2. The minimum atomic E-state index is -0.974. The van der Waals surface area contributed by atoms with Gasteiger partial charge >= 0.3 is 5.97 Å². The number of rotatable bonds is 8. The second-order valence-electron chi connectivity index (χ2n) is 5.85. The molecular formula is C20H23NO4. The molecule has 0 heterocycles. The molecule has 25 heavy (non-hydrogen) atoms. The number of aliphatic carboxylic acids is 1. The van der Waals surface area contributed by atoms with Crippen molar-refractivity contribution in [1.82, 2.24) is 0 Å². The fourth-order valence-corrected chi connectivity index (χ4v) is 2.68. The van der Waals surface area contributed by atoms with Gasteiger partial charge in [-0.05, 0) is 42.7 Å². The number of ether oxygens (including phenoxy) is 1. The normalized spacial score (nSPS) is 12.9. The van der Waals surface area contributed by atoms with Crippen molar-refractivity contribution in [2.75, 3.05) is 11.9 Å². The van der Waals surface area contributed by atoms with Crippen molar-refractivity contribution in [3.63, 3.8) is 0 Å². The van der Waals surface area contributed by atoms with Crippen molar-refractivity contribution in [3.8, 4) is 5.75 Å². The molecule has 132 valence electrons. The molecule has 0 spiro atoms. The maximum absolute atomic E-state index is 12.3. The smallest absolute Gasteiger partial charge is 0.307 e. The number of hydrogen-bond donors (Lipinski definition) is 2. The monoisotopic (exact) mass is 341 g/mol. The Morgan fingerprint density at radius 1 is 1.08 bits per heavy atom. The lowest BCUT2D eigenvalue weighted by atomic mass is 9.85. The van der Waals surface area contributed by atoms with E-state index in [2.05, 4.69) is 5.32 Å². The first-order chi connectivity index (χ1) is 12.0. The minimum absolute atomic E-state index is 0.0847. The average molecular weight is 341 g/mol. The predicted octanol–water partition coefficient (Wildman–Crippen LogP) is 3.92. The summed E-state index contributed by atoms with van der Waals surface area (Å²) in [7, 11) is 0. The molecule has 2 aromatic carbocycles. The molecule has 0 saturated carbocycles. The Morgan fingerprint density at radius 2 is 1.72 bits per heavy atom. The second kappa shape index (κ2) is 8.87. The number of hydrogen-bond acceptors (Lipinski definition) is 3. The Bertz CT molecular complexity index is 697. The number of carbonyl (C=O) groups is 2. The minimum Gasteiger partial charge on any atom is -0.494 e. The highest BCUT2D eigenvalue weighted by Gasteiger charge is 2.28. The van der Waals surface area contributed by atoms with Crippen molar-refractivity contribution in [3.05, 3.63) is 60.2 Å². The number of carboxylic acid groups (broad SMARTS) is 1. The van der Waals surface area contributed by atoms with E-state index in [0.717, 1.165) is 11.3 Å². The fourth-order valence-electron chi connectivity index (χ4n) is 2.68. The number of nitrogens with one attached hydrogen (secondary N) is 1. The van der Waals surface area contributed by atoms with E-state index in [4.69, 9.17) is 4.74 Å². The molecular weight excluding hydrogens is 318 g/mol. The van der Waals surface area contributed by atoms with Gasteiger partial charge in [0.05, 0.1) is 12.5 Å². The van der Waals surface area contributed by atoms with Crippen LogP contribution in [-0.4, -0.2) is 23.6 Å². The number of anilines is 1. The van der Waals surface area contributed by atoms with Gasteiger partial charge in [0.1, 0.15) is 5.75 Å². The number of carboxylic acids is 1. The predicted molar refractivity (Wildman–Crippen MR) is 96.8 cm³/mol. The Hall–Kier alpha value is -2.82. The van der Waals surface area contributed by atoms with Crippen molar-refractivity contribution in [2.45, 2.75) is 26.2 Å². The van der Waals surface area contributed by atoms with Gasteiger partial charge in [-0.3, -0.25) is 9.59 Å². The zero-order chi connectivity index (χ0) is 18.2. The molecule has 0 saturated heterocycles. The Balaban J connectivity index is 2.01. The van der Waals surface area contributed by atoms with Crippen LogP contribution >= 0.6 is 0 Å². The van der Waals surface area contributed by atoms with E-state index >= 15 is 0 Å². The van der Waals surface area contributed by atoms with Crippen LogP contribution in [0.5, 0.6) is 5.75 Å². The third-order valence-corrected chi connectivity index (χ3v) is 4.10. The van der Waals surface area contributed by atoms with Gasteiger partial charge in [-0.2, -0.15) is 0 Å². The standard InChI is InChI=1S/C20H23NO4/c1-3-25-17-11-9-16(10-12-17)21-19(22)13-18(20(23)24)14(2)15-7-5-4-6-8-15/h4-12,14,18H,3,13H2,1-2H3,(H,21,22)(H,23,24)/t14-,18-/m1/s1. The highest BCUT2D eigenvalue weighted by molar-refractivity contribution is 5.93. The molecule has 1 amide bonds. The summed E-state index contributed by atoms with van der Waals surface area (Å²) < 4.78 is 5.35. The van der Waals surface area contributed by atoms with Gasteiger partial charge < -0.3 is 15.2 Å². The lowest BCUT2D eigenvalue weighted by molar-refractivity contribution is -0.144. The molecule has 2 rings (SSSR count). The number of amides is 1. The van der Waals surface area contributed by atoms with Crippen LogP contribution in [0.25, 0.3) is 0 Å². The summed E-state index contributed by atoms with van der Waals surface area (Å²) >= 11 is 0. The Labute approximate surface area is 147 Å². The quantitative estimate of drug-likeness (QED) is 0.763. The topological polar surface area (TPSA) is 75.6 Å². The maximum Gasteiger partial charge on any atom is 0.307 e. The summed E-state index contributed by atoms with van der Waals surface area (Å²) in [6.07, 6.45) is -0.0847. The Kier molecular flexibility index (Phi) is 6.57. The summed E-state index contributed by atoms with van der Waals surface area (Å²) in [5, 5.41) is 12.3. The summed E-state index contributed by atoms with van der Waals surface area (Å²) in [4.78, 5) is 23.9. The van der Waals surface area contributed by atoms with E-state index in [1.165, 1.54) is 0 Å². The fraction of sp³-hybridized carbons (Fsp3) is 0.300. The van der Waals surface area contributed by atoms with E-state index in [1.807, 2.05) is 44.2 Å². The van der Waals surface area contributed by atoms with Crippen molar-refractivity contribution in [1.29, 1.82) is 0 Å². The molecule has 0 radical (unpaired) electrons. The first kappa shape index (κ1) is 18.5. The largest absolute Gasteiger partial charge is 0.494 e. The van der Waals surface area contributed by atoms with E-state index in [0.29, 0.717) is 12.3 Å². The average Bonchev–Trinajstić information content (AvgIpc) is 2.61. The maximum atomic E-state index is 12.3. The van der Waals surface area contributed by atoms with Crippen LogP contribution in [0.2, 0.25) is 0 Å². The van der Waals surface area contributed by atoms with Gasteiger partial charge in [-0.25, -0.2) is 0 Å². The molecule has 0 bridgehead atoms. The molecule has 5 heteroatoms. The van der Waals surface area contributed by atoms with Crippen LogP contribution in [0.1, 0.15) is 31.7 Å². The van der Waals surface area contributed by atoms with Crippen LogP contribution in [0, 0.1) is 5.92 Å². The third-order valence-electron chi connectivity index (χ3n) is 4.10. The number of carbonyl (C=O) groups excluding carboxylic acids is 1. The van der Waals surface area contributed by atoms with Gasteiger partial charge in [0.15, 0.2) is 0 Å². The van der Waals surface area contributed by atoms with Gasteiger partial charge in [0, 0.05) is 12.1 Å². The van der Waals surface area contributed by atoms with Gasteiger partial charge in [0.25, 0.3) is 0 Å². The van der Waals surface area contributed by atoms with Crippen molar-refractivity contribution >= 4 is 17.6 Å². The van der Waals surface area contributed by atoms with Crippen LogP contribution in [0.4, 0.5) is 5.69 Å². The van der Waals surface area contributed by atoms with Gasteiger partial charge in [0.2, 0.25) is 5.91 Å². The van der Waals surface area contributed by atoms with Crippen LogP contribution in [-0.2, 0) is 9.59 Å². The van der Waals surface area contributed by atoms with E-state index < -0.39 is 11.9 Å². The Morgan fingerprint density at radius 3 is 2.28 bits per heavy atom. The molecule has 2 aromatic rings. The molecule has 0 aliphatic rings. The molecule has 0 fully saturated rings. The summed E-state index contributed by atoms with van der Waals surface area (Å²) in [5.74, 6) is -1.62. The summed E-state index contributed by atoms with van der Waals surface area (Å²) in [6, 6.07) is 16.4. The van der Waals surface area contributed by atoms with Crippen LogP contribution < -0.4 is 10.1 Å². The molecule has 5 nitrogen and oxygen atoms in total. The zero-order valence-corrected chi connectivity index (χ0v) is 14.4. The highest BCUT2D eigenvalue weighted by Crippen LogP contribution is 2.27. The molecule has 0 aliphatic carbocycles. The van der Waals surface area contributed by atoms with Crippen LogP contribution in [0.3, 0.4) is 0 Å². The lowest BCUT2D eigenvalue weighted by Gasteiger charge is -2.20. The first-order valence-electron chi connectivity index (χ1n) is 8.31. The second-order valence-corrected chi connectivity index (χ2v) is 5.85. The van der Waals surface area contributed by atoms with E-state index in [1.54, 1.807) is 24.3 Å². The van der Waals surface area contributed by atoms with E-state index in [-0.39, 0.29) is 18.2 Å². The zero-order valence-electron chi connectivity index (χ0n) is 14.4. The molecule has 2 N–H and O–H groups in total. The van der Waals surface area contributed by atoms with Gasteiger partial charge in [-0.1, -0.05) is 37.3 Å². The SMILES string of the molecule is CCOc1ccc(NC(=O)C[C@@H](C(=O)O)[C@H](C)c2ccccc2)cc1. The summed E-state index contributed by atoms with van der Waals surface area (Å²) in [6.45, 7) is 4.30. The molecule has 2 atom stereocenters. The molecule has 0 aliphatic heterocycles. The molecule has 0 unspecified atom stereocenters. The van der Waals surface area contributed by atoms with Crippen LogP contribution in [0.15, 0.2) is 54.6 Å². The lowest BCUT2D eigenvalue weighted by Crippen LogP contribution is -2.26. The van der Waals surface area contributed by atoms with Crippen molar-refractivity contribution < 1.29 is 19.4 Å². The van der Waals surface area contributed by atoms with Gasteiger partial charge in [-0.15, -0.1) is 0 Å². The van der Waals surface area contributed by atoms with E-state index in [9.17, 15) is 14.7 Å². The third kappa shape index (κ3) is 5.35. The first-order valence-corrected chi connectivity index (χ1v) is 8.31. The highest BCUT2D eigenvalue weighted by atomic mass is 16.5.